The number of likely N-dealkylation sites (tertiary alicyclic amines) is 1. The molecule has 1 saturated carbocycles. The first-order chi connectivity index (χ1) is 15.2. The Hall–Kier alpha value is -2.58. The van der Waals surface area contributed by atoms with Gasteiger partial charge in [0.1, 0.15) is 0 Å². The largest absolute Gasteiger partial charge is 0.368 e. The molecule has 31 heavy (non-hydrogen) atoms. The third kappa shape index (κ3) is 5.77. The molecule has 0 bridgehead atoms. The molecule has 2 aromatic rings. The molecule has 1 saturated heterocycles. The molecule has 0 radical (unpaired) electrons. The zero-order valence-electron chi connectivity index (χ0n) is 18.1. The maximum atomic E-state index is 11.2. The van der Waals surface area contributed by atoms with Crippen molar-refractivity contribution in [2.24, 2.45) is 16.8 Å². The predicted octanol–water partition coefficient (Wildman–Crippen LogP) is 4.01. The Morgan fingerprint density at radius 1 is 1.10 bits per heavy atom. The summed E-state index contributed by atoms with van der Waals surface area (Å²) in [6.07, 6.45) is 9.15. The Morgan fingerprint density at radius 3 is 2.61 bits per heavy atom. The molecule has 166 valence electrons. The Labute approximate surface area is 184 Å². The quantitative estimate of drug-likeness (QED) is 0.523. The number of rotatable bonds is 9. The number of nitroso groups, excluding NO2 is 1. The Bertz CT molecular complexity index is 861. The molecule has 8 heteroatoms. The van der Waals surface area contributed by atoms with E-state index in [1.165, 1.54) is 57.8 Å². The van der Waals surface area contributed by atoms with E-state index in [1.54, 1.807) is 0 Å². The van der Waals surface area contributed by atoms with Gasteiger partial charge in [-0.15, -0.1) is 4.91 Å². The zero-order valence-corrected chi connectivity index (χ0v) is 18.1. The second-order valence-corrected chi connectivity index (χ2v) is 8.69. The van der Waals surface area contributed by atoms with Crippen molar-refractivity contribution < 1.29 is 0 Å². The van der Waals surface area contributed by atoms with Crippen molar-refractivity contribution in [3.05, 3.63) is 46.5 Å². The van der Waals surface area contributed by atoms with E-state index in [2.05, 4.69) is 36.7 Å². The Kier molecular flexibility index (Phi) is 7.43. The minimum absolute atomic E-state index is 0.251. The van der Waals surface area contributed by atoms with Gasteiger partial charge in [0, 0.05) is 25.7 Å². The van der Waals surface area contributed by atoms with E-state index in [0.717, 1.165) is 23.7 Å². The minimum Gasteiger partial charge on any atom is -0.368 e. The predicted molar refractivity (Wildman–Crippen MR) is 124 cm³/mol. The van der Waals surface area contributed by atoms with Gasteiger partial charge in [0.05, 0.1) is 6.20 Å². The fraction of sp³-hybridized carbons (Fsp3) is 0.565. The monoisotopic (exact) mass is 423 g/mol. The first-order valence-electron chi connectivity index (χ1n) is 11.4. The molecule has 0 atom stereocenters. The van der Waals surface area contributed by atoms with Crippen LogP contribution in [0, 0.1) is 10.8 Å². The van der Waals surface area contributed by atoms with Crippen LogP contribution in [0.15, 0.2) is 35.6 Å². The maximum Gasteiger partial charge on any atom is 0.225 e. The average molecular weight is 424 g/mol. The number of anilines is 2. The van der Waals surface area contributed by atoms with Gasteiger partial charge in [-0.05, 0) is 73.8 Å². The van der Waals surface area contributed by atoms with Crippen LogP contribution >= 0.6 is 0 Å². The van der Waals surface area contributed by atoms with Gasteiger partial charge in [-0.25, -0.2) is 4.98 Å². The number of aromatic nitrogens is 2. The lowest BCUT2D eigenvalue weighted by molar-refractivity contribution is 0.168. The number of nitrogens with two attached hydrogens (primary N) is 1. The average Bonchev–Trinajstić information content (AvgIpc) is 3.37. The molecule has 4 rings (SSSR count). The Morgan fingerprint density at radius 2 is 1.87 bits per heavy atom. The summed E-state index contributed by atoms with van der Waals surface area (Å²) in [6.45, 7) is 4.45. The highest BCUT2D eigenvalue weighted by atomic mass is 16.3. The SMILES string of the molecule is NCc1cccc(CNc2ncc(N=O)c(NCC3CCC(N4CCCC4)CC3)n2)c1. The number of hydrogen-bond donors (Lipinski definition) is 3. The summed E-state index contributed by atoms with van der Waals surface area (Å²) in [5.41, 5.74) is 8.16. The highest BCUT2D eigenvalue weighted by Crippen LogP contribution is 2.30. The highest BCUT2D eigenvalue weighted by molar-refractivity contribution is 5.61. The van der Waals surface area contributed by atoms with Crippen molar-refractivity contribution in [2.45, 2.75) is 57.7 Å². The van der Waals surface area contributed by atoms with Crippen LogP contribution in [0.25, 0.3) is 0 Å². The molecule has 2 aliphatic rings. The van der Waals surface area contributed by atoms with E-state index in [1.807, 2.05) is 18.2 Å². The molecule has 2 heterocycles. The van der Waals surface area contributed by atoms with Crippen LogP contribution in [0.2, 0.25) is 0 Å². The van der Waals surface area contributed by atoms with E-state index in [0.29, 0.717) is 30.8 Å². The molecule has 0 unspecified atom stereocenters. The van der Waals surface area contributed by atoms with Gasteiger partial charge < -0.3 is 21.3 Å². The van der Waals surface area contributed by atoms with E-state index in [9.17, 15) is 4.91 Å². The van der Waals surface area contributed by atoms with E-state index in [4.69, 9.17) is 5.73 Å². The van der Waals surface area contributed by atoms with Crippen molar-refractivity contribution in [3.8, 4) is 0 Å². The van der Waals surface area contributed by atoms with E-state index >= 15 is 0 Å². The number of benzene rings is 1. The molecule has 0 amide bonds. The third-order valence-electron chi connectivity index (χ3n) is 6.58. The molecule has 0 spiro atoms. The zero-order chi connectivity index (χ0) is 21.5. The van der Waals surface area contributed by atoms with Gasteiger partial charge in [-0.2, -0.15) is 4.98 Å². The van der Waals surface area contributed by atoms with Crippen molar-refractivity contribution in [3.63, 3.8) is 0 Å². The molecule has 2 fully saturated rings. The maximum absolute atomic E-state index is 11.2. The highest BCUT2D eigenvalue weighted by Gasteiger charge is 2.27. The normalized spacial score (nSPS) is 21.7. The van der Waals surface area contributed by atoms with Crippen molar-refractivity contribution in [1.82, 2.24) is 14.9 Å². The summed E-state index contributed by atoms with van der Waals surface area (Å²) in [5, 5.41) is 9.68. The van der Waals surface area contributed by atoms with Gasteiger partial charge in [-0.3, -0.25) is 0 Å². The van der Waals surface area contributed by atoms with Crippen LogP contribution in [-0.2, 0) is 13.1 Å². The van der Waals surface area contributed by atoms with Gasteiger partial charge >= 0.3 is 0 Å². The standard InChI is InChI=1S/C23H33N7O/c24-13-18-4-3-5-19(12-18)15-26-23-27-16-21(29-31)22(28-23)25-14-17-6-8-20(9-7-17)30-10-1-2-11-30/h3-5,12,16-17,20H,1-2,6-11,13-15,24H2,(H2,25,26,27,28). The number of hydrogen-bond acceptors (Lipinski definition) is 8. The summed E-state index contributed by atoms with van der Waals surface area (Å²) in [7, 11) is 0. The van der Waals surface area contributed by atoms with Crippen LogP contribution in [0.4, 0.5) is 17.5 Å². The molecule has 4 N–H and O–H groups in total. The number of nitrogens with one attached hydrogen (secondary N) is 2. The molecule has 1 aliphatic heterocycles. The molecule has 1 aromatic heterocycles. The fourth-order valence-corrected chi connectivity index (χ4v) is 4.77. The third-order valence-corrected chi connectivity index (χ3v) is 6.58. The topological polar surface area (TPSA) is 109 Å². The summed E-state index contributed by atoms with van der Waals surface area (Å²) in [6, 6.07) is 8.85. The molecule has 1 aliphatic carbocycles. The van der Waals surface area contributed by atoms with E-state index in [-0.39, 0.29) is 5.69 Å². The Balaban J connectivity index is 1.30. The van der Waals surface area contributed by atoms with Gasteiger partial charge in [0.25, 0.3) is 0 Å². The van der Waals surface area contributed by atoms with Crippen molar-refractivity contribution in [2.75, 3.05) is 30.3 Å². The summed E-state index contributed by atoms with van der Waals surface area (Å²) in [4.78, 5) is 22.6. The first-order valence-corrected chi connectivity index (χ1v) is 11.4. The summed E-state index contributed by atoms with van der Waals surface area (Å²) in [5.74, 6) is 1.58. The minimum atomic E-state index is 0.251. The fourth-order valence-electron chi connectivity index (χ4n) is 4.77. The molecule has 1 aromatic carbocycles. The van der Waals surface area contributed by atoms with Gasteiger partial charge in [0.15, 0.2) is 11.5 Å². The second kappa shape index (κ2) is 10.6. The summed E-state index contributed by atoms with van der Waals surface area (Å²) >= 11 is 0. The van der Waals surface area contributed by atoms with E-state index < -0.39 is 0 Å². The summed E-state index contributed by atoms with van der Waals surface area (Å²) < 4.78 is 0. The van der Waals surface area contributed by atoms with Gasteiger partial charge in [0.2, 0.25) is 5.95 Å². The van der Waals surface area contributed by atoms with Gasteiger partial charge in [-0.1, -0.05) is 24.3 Å². The lowest BCUT2D eigenvalue weighted by Gasteiger charge is -2.34. The van der Waals surface area contributed by atoms with Crippen LogP contribution in [-0.4, -0.2) is 40.5 Å². The van der Waals surface area contributed by atoms with Crippen LogP contribution in [0.1, 0.15) is 49.7 Å². The van der Waals surface area contributed by atoms with Crippen molar-refractivity contribution in [1.29, 1.82) is 0 Å². The number of nitrogens with zero attached hydrogens (tertiary/aromatic N) is 4. The molecule has 8 nitrogen and oxygen atoms in total. The van der Waals surface area contributed by atoms with Crippen molar-refractivity contribution >= 4 is 17.5 Å². The second-order valence-electron chi connectivity index (χ2n) is 8.69. The van der Waals surface area contributed by atoms with Crippen LogP contribution in [0.3, 0.4) is 0 Å². The molecular formula is C23H33N7O. The van der Waals surface area contributed by atoms with Crippen LogP contribution in [0.5, 0.6) is 0 Å². The van der Waals surface area contributed by atoms with Crippen LogP contribution < -0.4 is 16.4 Å². The smallest absolute Gasteiger partial charge is 0.225 e. The first kappa shape index (κ1) is 21.6. The molecular weight excluding hydrogens is 390 g/mol. The lowest BCUT2D eigenvalue weighted by Crippen LogP contribution is -2.37. The lowest BCUT2D eigenvalue weighted by atomic mass is 9.85.